The largest absolute Gasteiger partial charge is 0.316 e. The molecule has 0 spiro atoms. The van der Waals surface area contributed by atoms with E-state index < -0.39 is 0 Å². The van der Waals surface area contributed by atoms with Crippen molar-refractivity contribution in [2.45, 2.75) is 53.5 Å². The molecule has 0 aliphatic carbocycles. The Morgan fingerprint density at radius 1 is 1.05 bits per heavy atom. The van der Waals surface area contributed by atoms with Gasteiger partial charge in [-0.05, 0) is 42.5 Å². The number of rotatable bonds is 10. The van der Waals surface area contributed by atoms with Crippen LogP contribution in [0.1, 0.15) is 58.1 Å². The lowest BCUT2D eigenvalue weighted by Crippen LogP contribution is -2.27. The summed E-state index contributed by atoms with van der Waals surface area (Å²) in [5, 5.41) is 3.50. The predicted octanol–water partition coefficient (Wildman–Crippen LogP) is 4.27. The third kappa shape index (κ3) is 7.10. The molecule has 1 N–H and O–H groups in total. The molecule has 0 fully saturated rings. The quantitative estimate of drug-likeness (QED) is 0.647. The second-order valence-electron chi connectivity index (χ2n) is 6.57. The van der Waals surface area contributed by atoms with E-state index in [-0.39, 0.29) is 0 Å². The van der Waals surface area contributed by atoms with Crippen LogP contribution in [0.3, 0.4) is 0 Å². The molecule has 0 aliphatic rings. The van der Waals surface area contributed by atoms with E-state index in [4.69, 9.17) is 0 Å². The summed E-state index contributed by atoms with van der Waals surface area (Å²) in [4.78, 5) is 2.52. The van der Waals surface area contributed by atoms with E-state index in [2.05, 4.69) is 69.1 Å². The number of nitrogens with zero attached hydrogens (tertiary/aromatic N) is 1. The Kier molecular flexibility index (Phi) is 8.63. The van der Waals surface area contributed by atoms with Crippen LogP contribution in [0.4, 0.5) is 0 Å². The third-order valence-corrected chi connectivity index (χ3v) is 3.90. The van der Waals surface area contributed by atoms with Crippen LogP contribution in [0.5, 0.6) is 0 Å². The summed E-state index contributed by atoms with van der Waals surface area (Å²) < 4.78 is 0. The zero-order valence-corrected chi connectivity index (χ0v) is 14.7. The van der Waals surface area contributed by atoms with Gasteiger partial charge in [-0.25, -0.2) is 0 Å². The van der Waals surface area contributed by atoms with Gasteiger partial charge in [-0.3, -0.25) is 4.90 Å². The SMILES string of the molecule is CCCNCC(C)c1ccc(CN(CC)CC(C)C)cc1. The van der Waals surface area contributed by atoms with E-state index in [1.54, 1.807) is 0 Å². The van der Waals surface area contributed by atoms with Crippen molar-refractivity contribution in [3.8, 4) is 0 Å². The third-order valence-electron chi connectivity index (χ3n) is 3.90. The first-order chi connectivity index (χ1) is 10.1. The standard InChI is InChI=1S/C19H34N2/c1-6-12-20-13-17(5)19-10-8-18(9-11-19)15-21(7-2)14-16(3)4/h8-11,16-17,20H,6-7,12-15H2,1-5H3. The molecule has 0 saturated carbocycles. The molecular formula is C19H34N2. The van der Waals surface area contributed by atoms with Gasteiger partial charge in [-0.2, -0.15) is 0 Å². The van der Waals surface area contributed by atoms with Crippen molar-refractivity contribution >= 4 is 0 Å². The molecule has 2 heteroatoms. The molecule has 0 aromatic heterocycles. The molecule has 21 heavy (non-hydrogen) atoms. The van der Waals surface area contributed by atoms with Crippen molar-refractivity contribution in [3.63, 3.8) is 0 Å². The van der Waals surface area contributed by atoms with E-state index in [0.29, 0.717) is 5.92 Å². The first-order valence-corrected chi connectivity index (χ1v) is 8.58. The van der Waals surface area contributed by atoms with Gasteiger partial charge >= 0.3 is 0 Å². The van der Waals surface area contributed by atoms with Crippen molar-refractivity contribution < 1.29 is 0 Å². The maximum absolute atomic E-state index is 3.50. The first-order valence-electron chi connectivity index (χ1n) is 8.58. The van der Waals surface area contributed by atoms with Crippen LogP contribution in [-0.4, -0.2) is 31.1 Å². The van der Waals surface area contributed by atoms with E-state index in [0.717, 1.165) is 32.1 Å². The minimum absolute atomic E-state index is 0.587. The molecule has 0 heterocycles. The first kappa shape index (κ1) is 18.2. The lowest BCUT2D eigenvalue weighted by molar-refractivity contribution is 0.248. The molecule has 0 aliphatic heterocycles. The topological polar surface area (TPSA) is 15.3 Å². The minimum Gasteiger partial charge on any atom is -0.316 e. The number of hydrogen-bond donors (Lipinski definition) is 1. The summed E-state index contributed by atoms with van der Waals surface area (Å²) in [6, 6.07) is 9.21. The molecule has 0 bridgehead atoms. The van der Waals surface area contributed by atoms with Crippen molar-refractivity contribution in [3.05, 3.63) is 35.4 Å². The van der Waals surface area contributed by atoms with Gasteiger partial charge in [-0.1, -0.05) is 58.9 Å². The molecule has 2 nitrogen and oxygen atoms in total. The second kappa shape index (κ2) is 9.97. The summed E-state index contributed by atoms with van der Waals surface area (Å²) in [7, 11) is 0. The zero-order chi connectivity index (χ0) is 15.7. The summed E-state index contributed by atoms with van der Waals surface area (Å²) in [6.45, 7) is 16.9. The Morgan fingerprint density at radius 3 is 2.24 bits per heavy atom. The van der Waals surface area contributed by atoms with E-state index >= 15 is 0 Å². The fraction of sp³-hybridized carbons (Fsp3) is 0.684. The average Bonchev–Trinajstić information content (AvgIpc) is 2.47. The molecule has 1 aromatic carbocycles. The molecule has 1 aromatic rings. The van der Waals surface area contributed by atoms with Crippen LogP contribution in [0.15, 0.2) is 24.3 Å². The van der Waals surface area contributed by atoms with Gasteiger partial charge < -0.3 is 5.32 Å². The van der Waals surface area contributed by atoms with Crippen LogP contribution in [-0.2, 0) is 6.54 Å². The maximum Gasteiger partial charge on any atom is 0.0233 e. The van der Waals surface area contributed by atoms with Crippen LogP contribution in [0.25, 0.3) is 0 Å². The van der Waals surface area contributed by atoms with Gasteiger partial charge in [0.2, 0.25) is 0 Å². The summed E-state index contributed by atoms with van der Waals surface area (Å²) in [5.74, 6) is 1.32. The highest BCUT2D eigenvalue weighted by atomic mass is 15.1. The lowest BCUT2D eigenvalue weighted by atomic mass is 9.99. The minimum atomic E-state index is 0.587. The van der Waals surface area contributed by atoms with Crippen LogP contribution >= 0.6 is 0 Å². The Labute approximate surface area is 131 Å². The van der Waals surface area contributed by atoms with E-state index in [9.17, 15) is 0 Å². The van der Waals surface area contributed by atoms with Crippen molar-refractivity contribution in [1.82, 2.24) is 10.2 Å². The van der Waals surface area contributed by atoms with E-state index in [1.807, 2.05) is 0 Å². The summed E-state index contributed by atoms with van der Waals surface area (Å²) >= 11 is 0. The van der Waals surface area contributed by atoms with Crippen molar-refractivity contribution in [2.75, 3.05) is 26.2 Å². The molecule has 1 unspecified atom stereocenters. The molecule has 1 atom stereocenters. The van der Waals surface area contributed by atoms with Crippen molar-refractivity contribution in [2.24, 2.45) is 5.92 Å². The Hall–Kier alpha value is -0.860. The zero-order valence-electron chi connectivity index (χ0n) is 14.7. The molecule has 1 rings (SSSR count). The van der Waals surface area contributed by atoms with Gasteiger partial charge in [0.15, 0.2) is 0 Å². The fourth-order valence-electron chi connectivity index (χ4n) is 2.64. The predicted molar refractivity (Wildman–Crippen MR) is 93.8 cm³/mol. The molecule has 0 radical (unpaired) electrons. The molecule has 120 valence electrons. The highest BCUT2D eigenvalue weighted by molar-refractivity contribution is 5.25. The van der Waals surface area contributed by atoms with Gasteiger partial charge in [0.25, 0.3) is 0 Å². The summed E-state index contributed by atoms with van der Waals surface area (Å²) in [6.07, 6.45) is 1.20. The number of benzene rings is 1. The summed E-state index contributed by atoms with van der Waals surface area (Å²) in [5.41, 5.74) is 2.87. The van der Waals surface area contributed by atoms with Gasteiger partial charge in [0.1, 0.15) is 0 Å². The Balaban J connectivity index is 2.52. The second-order valence-corrected chi connectivity index (χ2v) is 6.57. The van der Waals surface area contributed by atoms with Crippen LogP contribution in [0, 0.1) is 5.92 Å². The Bertz CT molecular complexity index is 370. The van der Waals surface area contributed by atoms with Gasteiger partial charge in [0.05, 0.1) is 0 Å². The van der Waals surface area contributed by atoms with Crippen molar-refractivity contribution in [1.29, 1.82) is 0 Å². The van der Waals surface area contributed by atoms with Crippen LogP contribution < -0.4 is 5.32 Å². The normalized spacial score (nSPS) is 13.1. The number of nitrogens with one attached hydrogen (secondary N) is 1. The van der Waals surface area contributed by atoms with Gasteiger partial charge in [0, 0.05) is 19.6 Å². The molecular weight excluding hydrogens is 256 g/mol. The Morgan fingerprint density at radius 2 is 1.71 bits per heavy atom. The molecule has 0 amide bonds. The van der Waals surface area contributed by atoms with Gasteiger partial charge in [-0.15, -0.1) is 0 Å². The smallest absolute Gasteiger partial charge is 0.0233 e. The fourth-order valence-corrected chi connectivity index (χ4v) is 2.64. The lowest BCUT2D eigenvalue weighted by Gasteiger charge is -2.23. The maximum atomic E-state index is 3.50. The average molecular weight is 290 g/mol. The van der Waals surface area contributed by atoms with E-state index in [1.165, 1.54) is 24.1 Å². The van der Waals surface area contributed by atoms with Crippen LogP contribution in [0.2, 0.25) is 0 Å². The highest BCUT2D eigenvalue weighted by Gasteiger charge is 2.08. The number of hydrogen-bond acceptors (Lipinski definition) is 2. The molecule has 0 saturated heterocycles. The monoisotopic (exact) mass is 290 g/mol. The highest BCUT2D eigenvalue weighted by Crippen LogP contribution is 2.16.